The Morgan fingerprint density at radius 1 is 1.44 bits per heavy atom. The number of thiocarbonyl (C=S) groups is 1. The van der Waals surface area contributed by atoms with Crippen LogP contribution in [0.5, 0.6) is 0 Å². The van der Waals surface area contributed by atoms with E-state index in [1.54, 1.807) is 0 Å². The van der Waals surface area contributed by atoms with Crippen LogP contribution in [-0.2, 0) is 0 Å². The number of hydrogen-bond acceptors (Lipinski definition) is 3. The van der Waals surface area contributed by atoms with E-state index in [1.807, 2.05) is 6.07 Å². The molecule has 1 unspecified atom stereocenters. The quantitative estimate of drug-likeness (QED) is 0.844. The SMILES string of the molecule is CC1CN(C)CCN1c1ccc(C(N)=S)c(Br)c1. The molecule has 0 bridgehead atoms. The van der Waals surface area contributed by atoms with Crippen molar-refractivity contribution in [3.63, 3.8) is 0 Å². The molecule has 0 saturated carbocycles. The van der Waals surface area contributed by atoms with Crippen molar-refractivity contribution in [1.82, 2.24) is 4.90 Å². The van der Waals surface area contributed by atoms with Gasteiger partial charge in [0.05, 0.1) is 0 Å². The van der Waals surface area contributed by atoms with E-state index in [4.69, 9.17) is 18.0 Å². The highest BCUT2D eigenvalue weighted by Crippen LogP contribution is 2.26. The number of anilines is 1. The summed E-state index contributed by atoms with van der Waals surface area (Å²) in [6.45, 7) is 5.50. The molecule has 18 heavy (non-hydrogen) atoms. The molecule has 1 aliphatic heterocycles. The maximum atomic E-state index is 5.67. The summed E-state index contributed by atoms with van der Waals surface area (Å²) in [5.41, 5.74) is 7.79. The highest BCUT2D eigenvalue weighted by molar-refractivity contribution is 9.10. The average Bonchev–Trinajstić information content (AvgIpc) is 2.28. The lowest BCUT2D eigenvalue weighted by atomic mass is 10.1. The molecule has 2 N–H and O–H groups in total. The van der Waals surface area contributed by atoms with Crippen molar-refractivity contribution < 1.29 is 0 Å². The Bertz CT molecular complexity index is 464. The smallest absolute Gasteiger partial charge is 0.105 e. The van der Waals surface area contributed by atoms with Gasteiger partial charge in [-0.15, -0.1) is 0 Å². The number of piperazine rings is 1. The molecule has 1 heterocycles. The van der Waals surface area contributed by atoms with Crippen molar-refractivity contribution in [1.29, 1.82) is 0 Å². The molecule has 5 heteroatoms. The molecular weight excluding hydrogens is 310 g/mol. The fourth-order valence-electron chi connectivity index (χ4n) is 2.41. The minimum absolute atomic E-state index is 0.430. The van der Waals surface area contributed by atoms with Gasteiger partial charge in [0.1, 0.15) is 4.99 Å². The van der Waals surface area contributed by atoms with Crippen LogP contribution in [0.15, 0.2) is 22.7 Å². The number of nitrogens with zero attached hydrogens (tertiary/aromatic N) is 2. The minimum atomic E-state index is 0.430. The summed E-state index contributed by atoms with van der Waals surface area (Å²) in [5.74, 6) is 0. The molecule has 2 rings (SSSR count). The van der Waals surface area contributed by atoms with E-state index in [9.17, 15) is 0 Å². The van der Waals surface area contributed by atoms with Crippen LogP contribution in [0.1, 0.15) is 12.5 Å². The van der Waals surface area contributed by atoms with Gasteiger partial charge in [0.25, 0.3) is 0 Å². The third-order valence-corrected chi connectivity index (χ3v) is 4.26. The Balaban J connectivity index is 2.24. The fraction of sp³-hybridized carbons (Fsp3) is 0.462. The minimum Gasteiger partial charge on any atom is -0.389 e. The standard InChI is InChI=1S/C13H18BrN3S/c1-9-8-16(2)5-6-17(9)10-3-4-11(13(15)18)12(14)7-10/h3-4,7,9H,5-6,8H2,1-2H3,(H2,15,18). The van der Waals surface area contributed by atoms with Gasteiger partial charge in [-0.05, 0) is 48.1 Å². The van der Waals surface area contributed by atoms with Crippen LogP contribution in [0.2, 0.25) is 0 Å². The first-order valence-electron chi connectivity index (χ1n) is 6.03. The summed E-state index contributed by atoms with van der Waals surface area (Å²) in [5, 5.41) is 0. The first-order chi connectivity index (χ1) is 8.49. The van der Waals surface area contributed by atoms with Gasteiger partial charge in [-0.2, -0.15) is 0 Å². The predicted molar refractivity (Wildman–Crippen MR) is 84.3 cm³/mol. The summed E-state index contributed by atoms with van der Waals surface area (Å²) in [7, 11) is 2.17. The van der Waals surface area contributed by atoms with Crippen molar-refractivity contribution in [2.75, 3.05) is 31.6 Å². The van der Waals surface area contributed by atoms with E-state index in [0.717, 1.165) is 29.7 Å². The van der Waals surface area contributed by atoms with Crippen molar-refractivity contribution in [3.05, 3.63) is 28.2 Å². The van der Waals surface area contributed by atoms with Gasteiger partial charge in [-0.3, -0.25) is 0 Å². The summed E-state index contributed by atoms with van der Waals surface area (Å²) in [6, 6.07) is 6.72. The van der Waals surface area contributed by atoms with Crippen LogP contribution < -0.4 is 10.6 Å². The van der Waals surface area contributed by atoms with E-state index < -0.39 is 0 Å². The normalized spacial score (nSPS) is 21.1. The monoisotopic (exact) mass is 327 g/mol. The lowest BCUT2D eigenvalue weighted by Crippen LogP contribution is -2.50. The van der Waals surface area contributed by atoms with Crippen LogP contribution in [0.25, 0.3) is 0 Å². The van der Waals surface area contributed by atoms with E-state index in [-0.39, 0.29) is 0 Å². The van der Waals surface area contributed by atoms with Crippen LogP contribution in [0, 0.1) is 0 Å². The van der Waals surface area contributed by atoms with Gasteiger partial charge in [0.2, 0.25) is 0 Å². The van der Waals surface area contributed by atoms with Crippen molar-refractivity contribution in [3.8, 4) is 0 Å². The van der Waals surface area contributed by atoms with E-state index in [0.29, 0.717) is 11.0 Å². The third-order valence-electron chi connectivity index (χ3n) is 3.38. The second-order valence-electron chi connectivity index (χ2n) is 4.83. The summed E-state index contributed by atoms with van der Waals surface area (Å²) < 4.78 is 0.971. The maximum Gasteiger partial charge on any atom is 0.105 e. The average molecular weight is 328 g/mol. The molecule has 98 valence electrons. The zero-order chi connectivity index (χ0) is 13.3. The molecule has 0 radical (unpaired) electrons. The van der Waals surface area contributed by atoms with E-state index >= 15 is 0 Å². The lowest BCUT2D eigenvalue weighted by Gasteiger charge is -2.40. The Labute approximate surface area is 122 Å². The van der Waals surface area contributed by atoms with Gasteiger partial charge < -0.3 is 15.5 Å². The first-order valence-corrected chi connectivity index (χ1v) is 7.23. The number of rotatable bonds is 2. The van der Waals surface area contributed by atoms with Crippen molar-refractivity contribution in [2.24, 2.45) is 5.73 Å². The second kappa shape index (κ2) is 5.55. The molecule has 0 aromatic heterocycles. The molecule has 1 saturated heterocycles. The van der Waals surface area contributed by atoms with Crippen molar-refractivity contribution >= 4 is 38.8 Å². The number of hydrogen-bond donors (Lipinski definition) is 1. The first kappa shape index (κ1) is 13.8. The van der Waals surface area contributed by atoms with Gasteiger partial charge in [0.15, 0.2) is 0 Å². The highest BCUT2D eigenvalue weighted by atomic mass is 79.9. The predicted octanol–water partition coefficient (Wildman–Crippen LogP) is 2.22. The highest BCUT2D eigenvalue weighted by Gasteiger charge is 2.22. The number of likely N-dealkylation sites (N-methyl/N-ethyl adjacent to an activating group) is 1. The molecule has 1 fully saturated rings. The van der Waals surface area contributed by atoms with Gasteiger partial charge >= 0.3 is 0 Å². The number of nitrogens with two attached hydrogens (primary N) is 1. The molecule has 1 atom stereocenters. The fourth-order valence-corrected chi connectivity index (χ4v) is 3.30. The summed E-state index contributed by atoms with van der Waals surface area (Å²) in [4.78, 5) is 5.22. The van der Waals surface area contributed by atoms with E-state index in [1.165, 1.54) is 5.69 Å². The third kappa shape index (κ3) is 2.84. The van der Waals surface area contributed by atoms with E-state index in [2.05, 4.69) is 51.8 Å². The molecule has 3 nitrogen and oxygen atoms in total. The Morgan fingerprint density at radius 2 is 2.17 bits per heavy atom. The zero-order valence-corrected chi connectivity index (χ0v) is 13.1. The molecule has 1 aromatic carbocycles. The van der Waals surface area contributed by atoms with Gasteiger partial charge in [-0.1, -0.05) is 12.2 Å². The summed E-state index contributed by atoms with van der Waals surface area (Å²) >= 11 is 8.56. The van der Waals surface area contributed by atoms with Gasteiger partial charge in [-0.25, -0.2) is 0 Å². The largest absolute Gasteiger partial charge is 0.389 e. The Hall–Kier alpha value is -0.650. The maximum absolute atomic E-state index is 5.67. The molecule has 1 aliphatic rings. The molecule has 0 amide bonds. The molecular formula is C13H18BrN3S. The van der Waals surface area contributed by atoms with Crippen LogP contribution >= 0.6 is 28.1 Å². The molecule has 0 aliphatic carbocycles. The Kier molecular flexibility index (Phi) is 4.25. The molecule has 1 aromatic rings. The topological polar surface area (TPSA) is 32.5 Å². The van der Waals surface area contributed by atoms with Crippen LogP contribution in [0.4, 0.5) is 5.69 Å². The van der Waals surface area contributed by atoms with Crippen LogP contribution in [0.3, 0.4) is 0 Å². The van der Waals surface area contributed by atoms with Crippen molar-refractivity contribution in [2.45, 2.75) is 13.0 Å². The zero-order valence-electron chi connectivity index (χ0n) is 10.7. The number of halogens is 1. The summed E-state index contributed by atoms with van der Waals surface area (Å²) in [6.07, 6.45) is 0. The second-order valence-corrected chi connectivity index (χ2v) is 6.13. The molecule has 0 spiro atoms. The van der Waals surface area contributed by atoms with Crippen LogP contribution in [-0.4, -0.2) is 42.6 Å². The Morgan fingerprint density at radius 3 is 2.72 bits per heavy atom. The number of benzene rings is 1. The van der Waals surface area contributed by atoms with Gasteiger partial charge in [0, 0.05) is 41.4 Å². The lowest BCUT2D eigenvalue weighted by molar-refractivity contribution is 0.275.